The van der Waals surface area contributed by atoms with Gasteiger partial charge in [-0.3, -0.25) is 9.59 Å². The van der Waals surface area contributed by atoms with Crippen molar-refractivity contribution < 1.29 is 31.9 Å². The van der Waals surface area contributed by atoms with E-state index >= 15 is 0 Å². The molecule has 2 atom stereocenters. The number of ether oxygens (including phenoxy) is 1. The van der Waals surface area contributed by atoms with Crippen molar-refractivity contribution in [3.05, 3.63) is 29.6 Å². The molecule has 2 rings (SSSR count). The van der Waals surface area contributed by atoms with Crippen LogP contribution < -0.4 is 5.32 Å². The molecule has 1 saturated heterocycles. The van der Waals surface area contributed by atoms with Crippen molar-refractivity contribution >= 4 is 17.5 Å². The Morgan fingerprint density at radius 2 is 1.96 bits per heavy atom. The van der Waals surface area contributed by atoms with Crippen molar-refractivity contribution in [1.29, 1.82) is 0 Å². The Kier molecular flexibility index (Phi) is 5.12. The first kappa shape index (κ1) is 18.2. The highest BCUT2D eigenvalue weighted by Gasteiger charge is 2.36. The van der Waals surface area contributed by atoms with E-state index in [1.807, 2.05) is 5.32 Å². The highest BCUT2D eigenvalue weighted by Crippen LogP contribution is 2.35. The van der Waals surface area contributed by atoms with Gasteiger partial charge in [0, 0.05) is 6.54 Å². The van der Waals surface area contributed by atoms with Gasteiger partial charge < -0.3 is 15.0 Å². The number of carbonyl (C=O) groups is 2. The number of anilines is 1. The van der Waals surface area contributed by atoms with Gasteiger partial charge in [0.1, 0.15) is 5.82 Å². The van der Waals surface area contributed by atoms with Crippen LogP contribution in [0.3, 0.4) is 0 Å². The van der Waals surface area contributed by atoms with Gasteiger partial charge in [0.2, 0.25) is 0 Å². The number of hydrogen-bond acceptors (Lipinski definition) is 3. The molecule has 0 saturated carbocycles. The van der Waals surface area contributed by atoms with Crippen LogP contribution in [0.15, 0.2) is 18.2 Å². The molecular formula is C15H16F4N2O3. The predicted molar refractivity (Wildman–Crippen MR) is 76.6 cm³/mol. The Morgan fingerprint density at radius 3 is 2.58 bits per heavy atom. The van der Waals surface area contributed by atoms with Gasteiger partial charge in [0.15, 0.2) is 0 Å². The Labute approximate surface area is 135 Å². The SMILES string of the molecule is C[C@H]1OCCN(C(=O)C(=O)Nc2ccc(F)cc2C(F)(F)F)[C@H]1C. The van der Waals surface area contributed by atoms with Gasteiger partial charge in [-0.15, -0.1) is 0 Å². The topological polar surface area (TPSA) is 58.6 Å². The van der Waals surface area contributed by atoms with E-state index in [2.05, 4.69) is 0 Å². The molecule has 1 aromatic rings. The van der Waals surface area contributed by atoms with Gasteiger partial charge in [-0.2, -0.15) is 13.2 Å². The van der Waals surface area contributed by atoms with Crippen molar-refractivity contribution in [3.63, 3.8) is 0 Å². The third-order valence-electron chi connectivity index (χ3n) is 3.87. The lowest BCUT2D eigenvalue weighted by Crippen LogP contribution is -2.54. The number of hydrogen-bond donors (Lipinski definition) is 1. The van der Waals surface area contributed by atoms with Gasteiger partial charge in [0.25, 0.3) is 0 Å². The van der Waals surface area contributed by atoms with Gasteiger partial charge in [-0.25, -0.2) is 4.39 Å². The average Bonchev–Trinajstić information content (AvgIpc) is 2.50. The zero-order valence-electron chi connectivity index (χ0n) is 13.0. The largest absolute Gasteiger partial charge is 0.418 e. The average molecular weight is 348 g/mol. The van der Waals surface area contributed by atoms with Gasteiger partial charge in [-0.1, -0.05) is 0 Å². The quantitative estimate of drug-likeness (QED) is 0.626. The second-order valence-corrected chi connectivity index (χ2v) is 5.46. The summed E-state index contributed by atoms with van der Waals surface area (Å²) in [6, 6.07) is 1.41. The highest BCUT2D eigenvalue weighted by atomic mass is 19.4. The first-order valence-electron chi connectivity index (χ1n) is 7.21. The zero-order valence-corrected chi connectivity index (χ0v) is 13.0. The minimum absolute atomic E-state index is 0.160. The smallest absolute Gasteiger partial charge is 0.375 e. The zero-order chi connectivity index (χ0) is 18.1. The van der Waals surface area contributed by atoms with Crippen LogP contribution in [0.5, 0.6) is 0 Å². The number of rotatable bonds is 1. The minimum Gasteiger partial charge on any atom is -0.375 e. The van der Waals surface area contributed by atoms with Crippen LogP contribution in [-0.4, -0.2) is 42.0 Å². The van der Waals surface area contributed by atoms with E-state index in [1.165, 1.54) is 4.90 Å². The Balaban J connectivity index is 2.19. The second kappa shape index (κ2) is 6.76. The first-order chi connectivity index (χ1) is 11.1. The molecule has 1 aromatic carbocycles. The highest BCUT2D eigenvalue weighted by molar-refractivity contribution is 6.39. The number of carbonyl (C=O) groups excluding carboxylic acids is 2. The van der Waals surface area contributed by atoms with E-state index in [0.29, 0.717) is 0 Å². The fourth-order valence-corrected chi connectivity index (χ4v) is 2.39. The molecule has 5 nitrogen and oxygen atoms in total. The molecule has 2 amide bonds. The van der Waals surface area contributed by atoms with Gasteiger partial charge >= 0.3 is 18.0 Å². The van der Waals surface area contributed by atoms with E-state index in [9.17, 15) is 27.2 Å². The molecule has 0 aliphatic carbocycles. The molecule has 0 aromatic heterocycles. The molecule has 1 heterocycles. The monoisotopic (exact) mass is 348 g/mol. The molecule has 1 N–H and O–H groups in total. The van der Waals surface area contributed by atoms with Crippen LogP contribution in [0.4, 0.5) is 23.2 Å². The molecule has 132 valence electrons. The summed E-state index contributed by atoms with van der Waals surface area (Å²) in [5.74, 6) is -3.27. The third kappa shape index (κ3) is 3.84. The number of alkyl halides is 3. The molecule has 24 heavy (non-hydrogen) atoms. The maximum absolute atomic E-state index is 13.1. The molecule has 9 heteroatoms. The Hall–Kier alpha value is -2.16. The van der Waals surface area contributed by atoms with E-state index < -0.39 is 41.1 Å². The molecule has 1 fully saturated rings. The van der Waals surface area contributed by atoms with Crippen LogP contribution >= 0.6 is 0 Å². The summed E-state index contributed by atoms with van der Waals surface area (Å²) in [5.41, 5.74) is -2.02. The molecule has 0 radical (unpaired) electrons. The van der Waals surface area contributed by atoms with Crippen molar-refractivity contribution in [2.75, 3.05) is 18.5 Å². The third-order valence-corrected chi connectivity index (χ3v) is 3.87. The lowest BCUT2D eigenvalue weighted by molar-refractivity contribution is -0.152. The normalized spacial score (nSPS) is 21.5. The summed E-state index contributed by atoms with van der Waals surface area (Å²) in [6.07, 6.45) is -5.17. The van der Waals surface area contributed by atoms with E-state index in [4.69, 9.17) is 4.74 Å². The van der Waals surface area contributed by atoms with E-state index in [0.717, 1.165) is 12.1 Å². The van der Waals surface area contributed by atoms with Crippen LogP contribution in [0.1, 0.15) is 19.4 Å². The van der Waals surface area contributed by atoms with Crippen LogP contribution in [0.2, 0.25) is 0 Å². The minimum atomic E-state index is -4.87. The summed E-state index contributed by atoms with van der Waals surface area (Å²) in [6.45, 7) is 3.79. The number of benzene rings is 1. The Morgan fingerprint density at radius 1 is 1.29 bits per heavy atom. The standard InChI is InChI=1S/C15H16F4N2O3/c1-8-9(2)24-6-5-21(8)14(23)13(22)20-12-4-3-10(16)7-11(12)15(17,18)19/h3-4,7-9H,5-6H2,1-2H3,(H,20,22)/t8-,9+/m0/s1. The Bertz CT molecular complexity index is 648. The van der Waals surface area contributed by atoms with Crippen molar-refractivity contribution in [1.82, 2.24) is 4.90 Å². The van der Waals surface area contributed by atoms with Crippen LogP contribution in [-0.2, 0) is 20.5 Å². The van der Waals surface area contributed by atoms with E-state index in [-0.39, 0.29) is 25.3 Å². The first-order valence-corrected chi connectivity index (χ1v) is 7.21. The number of morpholine rings is 1. The fourth-order valence-electron chi connectivity index (χ4n) is 2.39. The number of nitrogens with one attached hydrogen (secondary N) is 1. The maximum Gasteiger partial charge on any atom is 0.418 e. The van der Waals surface area contributed by atoms with Gasteiger partial charge in [0.05, 0.1) is 30.0 Å². The molecule has 1 aliphatic heterocycles. The predicted octanol–water partition coefficient (Wildman–Crippen LogP) is 2.42. The fraction of sp³-hybridized carbons (Fsp3) is 0.467. The summed E-state index contributed by atoms with van der Waals surface area (Å²) in [4.78, 5) is 25.4. The summed E-state index contributed by atoms with van der Waals surface area (Å²) < 4.78 is 57.1. The van der Waals surface area contributed by atoms with Crippen molar-refractivity contribution in [3.8, 4) is 0 Å². The second-order valence-electron chi connectivity index (χ2n) is 5.46. The lowest BCUT2D eigenvalue weighted by atomic mass is 10.1. The molecule has 0 unspecified atom stereocenters. The van der Waals surface area contributed by atoms with Crippen LogP contribution in [0.25, 0.3) is 0 Å². The maximum atomic E-state index is 13.1. The molecule has 0 spiro atoms. The molecule has 1 aliphatic rings. The van der Waals surface area contributed by atoms with Crippen molar-refractivity contribution in [2.24, 2.45) is 0 Å². The van der Waals surface area contributed by atoms with Crippen LogP contribution in [0, 0.1) is 5.82 Å². The summed E-state index contributed by atoms with van der Waals surface area (Å²) >= 11 is 0. The molecular weight excluding hydrogens is 332 g/mol. The summed E-state index contributed by atoms with van der Waals surface area (Å²) in [5, 5.41) is 1.92. The van der Waals surface area contributed by atoms with Crippen molar-refractivity contribution in [2.45, 2.75) is 32.2 Å². The molecule has 0 bridgehead atoms. The van der Waals surface area contributed by atoms with E-state index in [1.54, 1.807) is 13.8 Å². The number of amides is 2. The summed E-state index contributed by atoms with van der Waals surface area (Å²) in [7, 11) is 0. The number of halogens is 4. The number of nitrogens with zero attached hydrogens (tertiary/aromatic N) is 1. The lowest BCUT2D eigenvalue weighted by Gasteiger charge is -2.37. The van der Waals surface area contributed by atoms with Gasteiger partial charge in [-0.05, 0) is 32.0 Å².